The third kappa shape index (κ3) is 3.18. The second kappa shape index (κ2) is 6.43. The molecule has 3 heterocycles. The fourth-order valence-electron chi connectivity index (χ4n) is 3.35. The maximum atomic E-state index is 12.6. The topological polar surface area (TPSA) is 45.7 Å². The van der Waals surface area contributed by atoms with Crippen LogP contribution in [0.25, 0.3) is 0 Å². The van der Waals surface area contributed by atoms with Crippen LogP contribution in [0.3, 0.4) is 0 Å². The molecule has 0 aliphatic carbocycles. The molecule has 0 spiro atoms. The Kier molecular flexibility index (Phi) is 4.39. The van der Waals surface area contributed by atoms with E-state index >= 15 is 0 Å². The van der Waals surface area contributed by atoms with Gasteiger partial charge in [-0.2, -0.15) is 0 Å². The van der Waals surface area contributed by atoms with Gasteiger partial charge in [0.15, 0.2) is 0 Å². The molecule has 0 unspecified atom stereocenters. The van der Waals surface area contributed by atoms with Crippen molar-refractivity contribution >= 4 is 5.91 Å². The Morgan fingerprint density at radius 3 is 2.71 bits per heavy atom. The van der Waals surface area contributed by atoms with Crippen LogP contribution in [0, 0.1) is 0 Å². The summed E-state index contributed by atoms with van der Waals surface area (Å²) in [6, 6.07) is 4.08. The average Bonchev–Trinajstić information content (AvgIpc) is 3.09. The predicted octanol–water partition coefficient (Wildman–Crippen LogP) is 1.79. The molecule has 114 valence electrons. The van der Waals surface area contributed by atoms with E-state index in [-0.39, 0.29) is 5.91 Å². The maximum absolute atomic E-state index is 12.6. The number of nitrogens with zero attached hydrogens (tertiary/aromatic N) is 3. The van der Waals surface area contributed by atoms with E-state index in [4.69, 9.17) is 4.74 Å². The first-order chi connectivity index (χ1) is 10.3. The van der Waals surface area contributed by atoms with Gasteiger partial charge in [-0.05, 0) is 44.8 Å². The highest BCUT2D eigenvalue weighted by Crippen LogP contribution is 2.21. The lowest BCUT2D eigenvalue weighted by molar-refractivity contribution is 0.0607. The molecule has 1 aromatic rings. The SMILES string of the molecule is COc1ccc(C(=O)N2CCC[C@@H](N3CCCC3)C2)cn1. The van der Waals surface area contributed by atoms with Gasteiger partial charge >= 0.3 is 0 Å². The summed E-state index contributed by atoms with van der Waals surface area (Å²) in [6.07, 6.45) is 6.52. The van der Waals surface area contributed by atoms with Crippen molar-refractivity contribution in [2.75, 3.05) is 33.3 Å². The lowest BCUT2D eigenvalue weighted by Crippen LogP contribution is -2.49. The lowest BCUT2D eigenvalue weighted by atomic mass is 10.0. The van der Waals surface area contributed by atoms with Crippen molar-refractivity contribution < 1.29 is 9.53 Å². The summed E-state index contributed by atoms with van der Waals surface area (Å²) in [5, 5.41) is 0. The van der Waals surface area contributed by atoms with Gasteiger partial charge in [0, 0.05) is 31.4 Å². The second-order valence-electron chi connectivity index (χ2n) is 5.88. The summed E-state index contributed by atoms with van der Waals surface area (Å²) >= 11 is 0. The predicted molar refractivity (Wildman–Crippen MR) is 80.5 cm³/mol. The Labute approximate surface area is 125 Å². The molecule has 2 aliphatic heterocycles. The van der Waals surface area contributed by atoms with Crippen molar-refractivity contribution in [2.45, 2.75) is 31.7 Å². The number of ether oxygens (including phenoxy) is 1. The molecule has 3 rings (SSSR count). The number of carbonyl (C=O) groups excluding carboxylic acids is 1. The number of likely N-dealkylation sites (tertiary alicyclic amines) is 2. The van der Waals surface area contributed by atoms with Crippen molar-refractivity contribution in [1.82, 2.24) is 14.8 Å². The number of piperidine rings is 1. The molecular formula is C16H23N3O2. The number of amides is 1. The number of pyridine rings is 1. The Morgan fingerprint density at radius 1 is 1.24 bits per heavy atom. The molecule has 2 fully saturated rings. The first-order valence-electron chi connectivity index (χ1n) is 7.81. The monoisotopic (exact) mass is 289 g/mol. The fraction of sp³-hybridized carbons (Fsp3) is 0.625. The number of carbonyl (C=O) groups is 1. The molecule has 2 aliphatic rings. The number of hydrogen-bond acceptors (Lipinski definition) is 4. The molecule has 1 aromatic heterocycles. The van der Waals surface area contributed by atoms with Crippen LogP contribution in [0.1, 0.15) is 36.0 Å². The van der Waals surface area contributed by atoms with Gasteiger partial charge < -0.3 is 9.64 Å². The number of methoxy groups -OCH3 is 1. The van der Waals surface area contributed by atoms with Crippen LogP contribution in [-0.4, -0.2) is 60.0 Å². The van der Waals surface area contributed by atoms with Crippen LogP contribution in [-0.2, 0) is 0 Å². The quantitative estimate of drug-likeness (QED) is 0.851. The largest absolute Gasteiger partial charge is 0.481 e. The molecule has 0 radical (unpaired) electrons. The lowest BCUT2D eigenvalue weighted by Gasteiger charge is -2.37. The first kappa shape index (κ1) is 14.3. The van der Waals surface area contributed by atoms with Gasteiger partial charge in [-0.3, -0.25) is 9.69 Å². The van der Waals surface area contributed by atoms with Crippen LogP contribution in [0.2, 0.25) is 0 Å². The smallest absolute Gasteiger partial charge is 0.255 e. The molecule has 0 bridgehead atoms. The first-order valence-corrected chi connectivity index (χ1v) is 7.81. The summed E-state index contributed by atoms with van der Waals surface area (Å²) in [7, 11) is 1.58. The van der Waals surface area contributed by atoms with Crippen LogP contribution in [0.15, 0.2) is 18.3 Å². The summed E-state index contributed by atoms with van der Waals surface area (Å²) in [5.41, 5.74) is 0.651. The molecule has 0 saturated carbocycles. The van der Waals surface area contributed by atoms with E-state index in [0.717, 1.165) is 19.5 Å². The van der Waals surface area contributed by atoms with E-state index in [1.165, 1.54) is 32.4 Å². The van der Waals surface area contributed by atoms with E-state index in [0.29, 0.717) is 17.5 Å². The highest BCUT2D eigenvalue weighted by atomic mass is 16.5. The van der Waals surface area contributed by atoms with Crippen LogP contribution >= 0.6 is 0 Å². The minimum absolute atomic E-state index is 0.0917. The van der Waals surface area contributed by atoms with Gasteiger partial charge in [-0.15, -0.1) is 0 Å². The molecule has 1 amide bonds. The molecule has 0 N–H and O–H groups in total. The van der Waals surface area contributed by atoms with E-state index < -0.39 is 0 Å². The van der Waals surface area contributed by atoms with Gasteiger partial charge in [0.05, 0.1) is 12.7 Å². The van der Waals surface area contributed by atoms with Gasteiger partial charge in [0.25, 0.3) is 5.91 Å². The number of hydrogen-bond donors (Lipinski definition) is 0. The zero-order valence-corrected chi connectivity index (χ0v) is 12.6. The number of aromatic nitrogens is 1. The van der Waals surface area contributed by atoms with Crippen LogP contribution < -0.4 is 4.74 Å². The molecule has 5 heteroatoms. The zero-order valence-electron chi connectivity index (χ0n) is 12.6. The second-order valence-corrected chi connectivity index (χ2v) is 5.88. The minimum atomic E-state index is 0.0917. The standard InChI is InChI=1S/C16H23N3O2/c1-21-15-7-6-13(11-17-15)16(20)19-10-4-5-14(12-19)18-8-2-3-9-18/h6-7,11,14H,2-5,8-10,12H2,1H3/t14-/m1/s1. The molecule has 5 nitrogen and oxygen atoms in total. The van der Waals surface area contributed by atoms with Crippen LogP contribution in [0.5, 0.6) is 5.88 Å². The zero-order chi connectivity index (χ0) is 14.7. The third-order valence-corrected chi connectivity index (χ3v) is 4.53. The number of rotatable bonds is 3. The van der Waals surface area contributed by atoms with E-state index in [9.17, 15) is 4.79 Å². The minimum Gasteiger partial charge on any atom is -0.481 e. The van der Waals surface area contributed by atoms with Crippen LogP contribution in [0.4, 0.5) is 0 Å². The van der Waals surface area contributed by atoms with Gasteiger partial charge in [-0.25, -0.2) is 4.98 Å². The Balaban J connectivity index is 1.65. The van der Waals surface area contributed by atoms with Crippen molar-refractivity contribution in [1.29, 1.82) is 0 Å². The van der Waals surface area contributed by atoms with Crippen molar-refractivity contribution in [3.05, 3.63) is 23.9 Å². The van der Waals surface area contributed by atoms with Gasteiger partial charge in [0.1, 0.15) is 0 Å². The normalized spacial score (nSPS) is 23.3. The summed E-state index contributed by atoms with van der Waals surface area (Å²) in [5.74, 6) is 0.634. The highest BCUT2D eigenvalue weighted by Gasteiger charge is 2.29. The van der Waals surface area contributed by atoms with E-state index in [1.54, 1.807) is 25.4 Å². The molecule has 21 heavy (non-hydrogen) atoms. The van der Waals surface area contributed by atoms with Gasteiger partial charge in [-0.1, -0.05) is 0 Å². The van der Waals surface area contributed by atoms with Crippen molar-refractivity contribution in [3.63, 3.8) is 0 Å². The Hall–Kier alpha value is -1.62. The molecule has 2 saturated heterocycles. The fourth-order valence-corrected chi connectivity index (χ4v) is 3.35. The Bertz CT molecular complexity index is 483. The van der Waals surface area contributed by atoms with E-state index in [2.05, 4.69) is 9.88 Å². The maximum Gasteiger partial charge on any atom is 0.255 e. The molecule has 1 atom stereocenters. The van der Waals surface area contributed by atoms with Crippen molar-refractivity contribution in [3.8, 4) is 5.88 Å². The summed E-state index contributed by atoms with van der Waals surface area (Å²) in [6.45, 7) is 4.09. The molecule has 0 aromatic carbocycles. The van der Waals surface area contributed by atoms with Gasteiger partial charge in [0.2, 0.25) is 5.88 Å². The summed E-state index contributed by atoms with van der Waals surface area (Å²) in [4.78, 5) is 21.2. The van der Waals surface area contributed by atoms with Crippen molar-refractivity contribution in [2.24, 2.45) is 0 Å². The summed E-state index contributed by atoms with van der Waals surface area (Å²) < 4.78 is 5.04. The van der Waals surface area contributed by atoms with E-state index in [1.807, 2.05) is 4.90 Å². The molecular weight excluding hydrogens is 266 g/mol. The average molecular weight is 289 g/mol. The Morgan fingerprint density at radius 2 is 2.05 bits per heavy atom. The third-order valence-electron chi connectivity index (χ3n) is 4.53. The highest BCUT2D eigenvalue weighted by molar-refractivity contribution is 5.94.